The van der Waals surface area contributed by atoms with Crippen LogP contribution in [0.1, 0.15) is 10.4 Å². The number of ether oxygens (including phenoxy) is 1. The van der Waals surface area contributed by atoms with Gasteiger partial charge in [0.1, 0.15) is 0 Å². The van der Waals surface area contributed by atoms with Gasteiger partial charge in [0.2, 0.25) is 0 Å². The second kappa shape index (κ2) is 7.27. The van der Waals surface area contributed by atoms with Crippen LogP contribution in [0, 0.1) is 0 Å². The molecule has 30 heavy (non-hydrogen) atoms. The van der Waals surface area contributed by atoms with E-state index in [9.17, 15) is 9.59 Å². The van der Waals surface area contributed by atoms with Gasteiger partial charge in [0.05, 0.1) is 17.2 Å². The molecule has 1 aliphatic heterocycles. The molecule has 3 heterocycles. The van der Waals surface area contributed by atoms with Crippen molar-refractivity contribution < 1.29 is 9.53 Å². The number of carbonyl (C=O) groups excluding carboxylic acids is 1. The van der Waals surface area contributed by atoms with Crippen LogP contribution in [0.4, 0.5) is 0 Å². The number of hydrogen-bond acceptors (Lipinski definition) is 3. The molecule has 5 nitrogen and oxygen atoms in total. The summed E-state index contributed by atoms with van der Waals surface area (Å²) >= 11 is 6.26. The molecule has 6 heteroatoms. The SMILES string of the molecule is COC1CN(C(=O)c2cc(-c3ccccc3)c(=O)n3ccc4ccc(Cl)cc4c23)C1. The molecular weight excluding hydrogens is 400 g/mol. The molecule has 4 aromatic rings. The zero-order chi connectivity index (χ0) is 20.8. The fourth-order valence-corrected chi connectivity index (χ4v) is 4.17. The molecule has 0 N–H and O–H groups in total. The largest absolute Gasteiger partial charge is 0.378 e. The Bertz CT molecular complexity index is 1340. The minimum atomic E-state index is -0.173. The first-order valence-corrected chi connectivity index (χ1v) is 10.1. The quantitative estimate of drug-likeness (QED) is 0.467. The maximum atomic E-state index is 13.4. The lowest BCUT2D eigenvalue weighted by Crippen LogP contribution is -2.54. The summed E-state index contributed by atoms with van der Waals surface area (Å²) in [6, 6.07) is 18.5. The molecule has 1 aliphatic rings. The summed E-state index contributed by atoms with van der Waals surface area (Å²) in [4.78, 5) is 28.6. The van der Waals surface area contributed by atoms with E-state index < -0.39 is 0 Å². The van der Waals surface area contributed by atoms with Gasteiger partial charge in [-0.05, 0) is 35.2 Å². The Kier molecular flexibility index (Phi) is 4.57. The predicted octanol–water partition coefficient (Wildman–Crippen LogP) is 4.24. The lowest BCUT2D eigenvalue weighted by Gasteiger charge is -2.38. The summed E-state index contributed by atoms with van der Waals surface area (Å²) < 4.78 is 6.88. The van der Waals surface area contributed by atoms with Crippen molar-refractivity contribution >= 4 is 33.8 Å². The Labute approximate surface area is 178 Å². The van der Waals surface area contributed by atoms with Crippen molar-refractivity contribution in [3.8, 4) is 11.1 Å². The van der Waals surface area contributed by atoms with E-state index in [0.717, 1.165) is 16.3 Å². The zero-order valence-corrected chi connectivity index (χ0v) is 17.1. The summed E-state index contributed by atoms with van der Waals surface area (Å²) in [5.74, 6) is -0.120. The molecule has 0 bridgehead atoms. The topological polar surface area (TPSA) is 51.0 Å². The number of methoxy groups -OCH3 is 1. The number of aromatic nitrogens is 1. The number of likely N-dealkylation sites (tertiary alicyclic amines) is 1. The standard InChI is InChI=1S/C24H19ClN2O3/c1-30-18-13-26(14-18)23(28)21-12-20(15-5-3-2-4-6-15)24(29)27-10-9-16-7-8-17(25)11-19(16)22(21)27/h2-12,18H,13-14H2,1H3. The fraction of sp³-hybridized carbons (Fsp3) is 0.167. The van der Waals surface area contributed by atoms with Gasteiger partial charge in [-0.25, -0.2) is 0 Å². The number of pyridine rings is 2. The Balaban J connectivity index is 1.82. The van der Waals surface area contributed by atoms with Gasteiger partial charge in [0.25, 0.3) is 11.5 Å². The Morgan fingerprint density at radius 3 is 2.57 bits per heavy atom. The molecule has 0 unspecified atom stereocenters. The summed E-state index contributed by atoms with van der Waals surface area (Å²) in [6.07, 6.45) is 1.77. The summed E-state index contributed by atoms with van der Waals surface area (Å²) in [5.41, 5.74) is 2.14. The fourth-order valence-electron chi connectivity index (χ4n) is 4.00. The van der Waals surface area contributed by atoms with Gasteiger partial charge in [-0.1, -0.05) is 48.0 Å². The molecule has 2 aromatic heterocycles. The molecular formula is C24H19ClN2O3. The molecule has 2 aromatic carbocycles. The Morgan fingerprint density at radius 1 is 1.07 bits per heavy atom. The number of amides is 1. The van der Waals surface area contributed by atoms with Crippen LogP contribution in [0.2, 0.25) is 5.02 Å². The van der Waals surface area contributed by atoms with E-state index in [0.29, 0.717) is 34.8 Å². The van der Waals surface area contributed by atoms with Crippen molar-refractivity contribution in [3.05, 3.63) is 87.8 Å². The van der Waals surface area contributed by atoms with Crippen LogP contribution >= 0.6 is 11.6 Å². The van der Waals surface area contributed by atoms with Crippen LogP contribution in [0.3, 0.4) is 0 Å². The van der Waals surface area contributed by atoms with Gasteiger partial charge in [0.15, 0.2) is 0 Å². The second-order valence-corrected chi connectivity index (χ2v) is 7.91. The van der Waals surface area contributed by atoms with Crippen LogP contribution in [0.15, 0.2) is 71.7 Å². The van der Waals surface area contributed by atoms with Gasteiger partial charge >= 0.3 is 0 Å². The molecule has 1 saturated heterocycles. The first kappa shape index (κ1) is 18.9. The highest BCUT2D eigenvalue weighted by Crippen LogP contribution is 2.29. The van der Waals surface area contributed by atoms with Crippen molar-refractivity contribution in [2.24, 2.45) is 0 Å². The number of rotatable bonds is 3. The smallest absolute Gasteiger partial charge is 0.263 e. The van der Waals surface area contributed by atoms with Crippen molar-refractivity contribution in [3.63, 3.8) is 0 Å². The van der Waals surface area contributed by atoms with Gasteiger partial charge in [-0.3, -0.25) is 14.0 Å². The zero-order valence-electron chi connectivity index (χ0n) is 16.3. The summed E-state index contributed by atoms with van der Waals surface area (Å²) in [6.45, 7) is 1.07. The lowest BCUT2D eigenvalue weighted by molar-refractivity contribution is -0.0191. The number of carbonyl (C=O) groups is 1. The molecule has 1 fully saturated rings. The van der Waals surface area contributed by atoms with Crippen LogP contribution in [0.25, 0.3) is 27.4 Å². The van der Waals surface area contributed by atoms with Crippen LogP contribution < -0.4 is 5.56 Å². The molecule has 1 amide bonds. The number of fused-ring (bicyclic) bond motifs is 3. The van der Waals surface area contributed by atoms with Gasteiger partial charge in [-0.15, -0.1) is 0 Å². The van der Waals surface area contributed by atoms with E-state index >= 15 is 0 Å². The normalized spacial score (nSPS) is 14.3. The number of halogens is 1. The van der Waals surface area contributed by atoms with Crippen molar-refractivity contribution in [2.45, 2.75) is 6.10 Å². The predicted molar refractivity (Wildman–Crippen MR) is 118 cm³/mol. The van der Waals surface area contributed by atoms with Crippen molar-refractivity contribution in [2.75, 3.05) is 20.2 Å². The van der Waals surface area contributed by atoms with Gasteiger partial charge in [0, 0.05) is 42.4 Å². The minimum Gasteiger partial charge on any atom is -0.378 e. The molecule has 0 atom stereocenters. The molecule has 150 valence electrons. The van der Waals surface area contributed by atoms with E-state index in [-0.39, 0.29) is 17.6 Å². The number of nitrogens with zero attached hydrogens (tertiary/aromatic N) is 2. The van der Waals surface area contributed by atoms with E-state index in [4.69, 9.17) is 16.3 Å². The first-order chi connectivity index (χ1) is 14.6. The molecule has 5 rings (SSSR count). The van der Waals surface area contributed by atoms with Crippen LogP contribution in [-0.2, 0) is 4.74 Å². The molecule has 0 spiro atoms. The maximum absolute atomic E-state index is 13.4. The summed E-state index contributed by atoms with van der Waals surface area (Å²) in [5, 5.41) is 2.24. The average molecular weight is 419 g/mol. The highest BCUT2D eigenvalue weighted by Gasteiger charge is 2.32. The van der Waals surface area contributed by atoms with Gasteiger partial charge in [-0.2, -0.15) is 0 Å². The monoisotopic (exact) mass is 418 g/mol. The third kappa shape index (κ3) is 2.98. The highest BCUT2D eigenvalue weighted by molar-refractivity contribution is 6.31. The molecule has 0 saturated carbocycles. The second-order valence-electron chi connectivity index (χ2n) is 7.48. The number of hydrogen-bond donors (Lipinski definition) is 0. The highest BCUT2D eigenvalue weighted by atomic mass is 35.5. The Morgan fingerprint density at radius 2 is 1.83 bits per heavy atom. The van der Waals surface area contributed by atoms with Crippen LogP contribution in [-0.4, -0.2) is 41.5 Å². The van der Waals surface area contributed by atoms with Crippen LogP contribution in [0.5, 0.6) is 0 Å². The molecule has 0 aliphatic carbocycles. The van der Waals surface area contributed by atoms with E-state index in [1.165, 1.54) is 0 Å². The maximum Gasteiger partial charge on any atom is 0.263 e. The Hall–Kier alpha value is -3.15. The van der Waals surface area contributed by atoms with Crippen molar-refractivity contribution in [1.29, 1.82) is 0 Å². The van der Waals surface area contributed by atoms with E-state index in [1.54, 1.807) is 40.8 Å². The molecule has 0 radical (unpaired) electrons. The van der Waals surface area contributed by atoms with Crippen molar-refractivity contribution in [1.82, 2.24) is 9.30 Å². The van der Waals surface area contributed by atoms with E-state index in [1.807, 2.05) is 42.5 Å². The third-order valence-corrected chi connectivity index (χ3v) is 5.93. The van der Waals surface area contributed by atoms with Gasteiger partial charge < -0.3 is 9.64 Å². The lowest BCUT2D eigenvalue weighted by atomic mass is 9.99. The first-order valence-electron chi connectivity index (χ1n) is 9.72. The third-order valence-electron chi connectivity index (χ3n) is 5.69. The summed E-state index contributed by atoms with van der Waals surface area (Å²) in [7, 11) is 1.65. The average Bonchev–Trinajstić information content (AvgIpc) is 2.73. The van der Waals surface area contributed by atoms with E-state index in [2.05, 4.69) is 0 Å². The number of benzene rings is 2. The minimum absolute atomic E-state index is 0.0476.